The minimum atomic E-state index is -1.36. The zero-order chi connectivity index (χ0) is 24.3. The van der Waals surface area contributed by atoms with Crippen LogP contribution in [-0.4, -0.2) is 41.9 Å². The molecule has 0 unspecified atom stereocenters. The summed E-state index contributed by atoms with van der Waals surface area (Å²) in [5.74, 6) is -2.08. The summed E-state index contributed by atoms with van der Waals surface area (Å²) in [5.41, 5.74) is 0.0663. The summed E-state index contributed by atoms with van der Waals surface area (Å²) < 4.78 is 11.3. The van der Waals surface area contributed by atoms with E-state index in [1.165, 1.54) is 20.5 Å². The molecule has 4 rings (SSSR count). The number of carbonyl (C=O) groups excluding carboxylic acids is 3. The largest absolute Gasteiger partial charge is 0.468 e. The number of benzene rings is 2. The summed E-state index contributed by atoms with van der Waals surface area (Å²) in [4.78, 5) is 40.9. The summed E-state index contributed by atoms with van der Waals surface area (Å²) in [6.07, 6.45) is 5.55. The maximum absolute atomic E-state index is 13.5. The second-order valence-electron chi connectivity index (χ2n) is 9.39. The van der Waals surface area contributed by atoms with Gasteiger partial charge in [0, 0.05) is 24.1 Å². The van der Waals surface area contributed by atoms with Gasteiger partial charge >= 0.3 is 11.9 Å². The molecule has 0 spiro atoms. The van der Waals surface area contributed by atoms with Gasteiger partial charge in [-0.05, 0) is 25.7 Å². The van der Waals surface area contributed by atoms with Crippen molar-refractivity contribution in [3.8, 4) is 0 Å². The smallest absolute Gasteiger partial charge is 0.320 e. The lowest BCUT2D eigenvalue weighted by Gasteiger charge is -2.57. The van der Waals surface area contributed by atoms with Crippen molar-refractivity contribution >= 4 is 17.8 Å². The first-order chi connectivity index (χ1) is 16.4. The summed E-state index contributed by atoms with van der Waals surface area (Å²) in [6, 6.07) is 18.0. The highest BCUT2D eigenvalue weighted by Crippen LogP contribution is 2.50. The Kier molecular flexibility index (Phi) is 7.05. The Labute approximate surface area is 201 Å². The first-order valence-corrected chi connectivity index (χ1v) is 12.1. The highest BCUT2D eigenvalue weighted by atomic mass is 16.6. The number of likely N-dealkylation sites (tertiary alicyclic amines) is 1. The number of methoxy groups -OCH3 is 1. The number of hydrogen-bond acceptors (Lipinski definition) is 5. The first-order valence-electron chi connectivity index (χ1n) is 12.1. The zero-order valence-corrected chi connectivity index (χ0v) is 20.1. The van der Waals surface area contributed by atoms with Crippen LogP contribution in [0.4, 0.5) is 0 Å². The van der Waals surface area contributed by atoms with Crippen LogP contribution >= 0.6 is 0 Å². The van der Waals surface area contributed by atoms with Crippen LogP contribution < -0.4 is 0 Å². The maximum atomic E-state index is 13.5. The number of nitrogens with zero attached hydrogens (tertiary/aromatic N) is 1. The van der Waals surface area contributed by atoms with Gasteiger partial charge in [0.25, 0.3) is 0 Å². The van der Waals surface area contributed by atoms with E-state index in [1.54, 1.807) is 4.90 Å². The number of rotatable bonds is 7. The Morgan fingerprint density at radius 2 is 1.47 bits per heavy atom. The molecule has 34 heavy (non-hydrogen) atoms. The predicted molar refractivity (Wildman–Crippen MR) is 128 cm³/mol. The lowest BCUT2D eigenvalue weighted by Crippen LogP contribution is -2.74. The molecule has 0 N–H and O–H groups in total. The number of carbonyl (C=O) groups is 3. The quantitative estimate of drug-likeness (QED) is 0.344. The van der Waals surface area contributed by atoms with Crippen molar-refractivity contribution in [2.45, 2.75) is 63.6 Å². The van der Waals surface area contributed by atoms with E-state index in [0.29, 0.717) is 17.0 Å². The SMILES string of the molecule is COC(=O)[C@H]1C(=O)N([C@@H](C)C2CCCCC2)[C@@H]1C(OC(C)=O)(c1ccccc1)c1ccccc1. The Balaban J connectivity index is 1.92. The molecule has 2 aromatic rings. The van der Waals surface area contributed by atoms with Gasteiger partial charge in [0.05, 0.1) is 7.11 Å². The van der Waals surface area contributed by atoms with Crippen molar-refractivity contribution in [3.63, 3.8) is 0 Å². The van der Waals surface area contributed by atoms with E-state index in [2.05, 4.69) is 6.92 Å². The molecule has 2 fully saturated rings. The standard InChI is InChI=1S/C28H33NO5/c1-19(21-13-7-4-8-14-21)29-25(24(26(29)31)27(32)33-3)28(34-20(2)30,22-15-9-5-10-16-22)23-17-11-6-12-18-23/h5-6,9-12,15-19,21,24-25H,4,7-8,13-14H2,1-3H3/t19-,24+,25-/m0/s1. The van der Waals surface area contributed by atoms with E-state index in [-0.39, 0.29) is 11.9 Å². The molecule has 2 aromatic carbocycles. The zero-order valence-electron chi connectivity index (χ0n) is 20.1. The normalized spacial score (nSPS) is 22.0. The lowest BCUT2D eigenvalue weighted by atomic mass is 9.67. The van der Waals surface area contributed by atoms with E-state index in [4.69, 9.17) is 9.47 Å². The van der Waals surface area contributed by atoms with Crippen molar-refractivity contribution in [1.82, 2.24) is 4.90 Å². The Hall–Kier alpha value is -3.15. The Bertz CT molecular complexity index is 976. The Morgan fingerprint density at radius 3 is 1.94 bits per heavy atom. The number of esters is 2. The monoisotopic (exact) mass is 463 g/mol. The van der Waals surface area contributed by atoms with Crippen molar-refractivity contribution in [2.24, 2.45) is 11.8 Å². The number of amides is 1. The molecule has 2 aliphatic rings. The Morgan fingerprint density at radius 1 is 0.941 bits per heavy atom. The maximum Gasteiger partial charge on any atom is 0.320 e. The lowest BCUT2D eigenvalue weighted by molar-refractivity contribution is -0.202. The number of β-lactam (4-membered cyclic amide) rings is 1. The minimum Gasteiger partial charge on any atom is -0.468 e. The molecule has 0 bridgehead atoms. The number of hydrogen-bond donors (Lipinski definition) is 0. The van der Waals surface area contributed by atoms with Crippen molar-refractivity contribution in [3.05, 3.63) is 71.8 Å². The highest BCUT2D eigenvalue weighted by molar-refractivity contribution is 6.04. The second-order valence-corrected chi connectivity index (χ2v) is 9.39. The average Bonchev–Trinajstić information content (AvgIpc) is 2.87. The van der Waals surface area contributed by atoms with Crippen LogP contribution in [0.25, 0.3) is 0 Å². The van der Waals surface area contributed by atoms with E-state index < -0.39 is 29.5 Å². The summed E-state index contributed by atoms with van der Waals surface area (Å²) in [7, 11) is 1.29. The minimum absolute atomic E-state index is 0.0962. The van der Waals surface area contributed by atoms with E-state index in [9.17, 15) is 14.4 Å². The molecule has 0 aromatic heterocycles. The summed E-state index contributed by atoms with van der Waals surface area (Å²) >= 11 is 0. The van der Waals surface area contributed by atoms with E-state index in [0.717, 1.165) is 25.7 Å². The predicted octanol–water partition coefficient (Wildman–Crippen LogP) is 4.46. The molecule has 1 aliphatic heterocycles. The third-order valence-corrected chi connectivity index (χ3v) is 7.49. The molecule has 1 heterocycles. The first kappa shape index (κ1) is 24.0. The van der Waals surface area contributed by atoms with E-state index in [1.807, 2.05) is 60.7 Å². The van der Waals surface area contributed by atoms with Gasteiger partial charge in [0.1, 0.15) is 6.04 Å². The van der Waals surface area contributed by atoms with Gasteiger partial charge in [-0.3, -0.25) is 14.4 Å². The van der Waals surface area contributed by atoms with Crippen molar-refractivity contribution in [2.75, 3.05) is 7.11 Å². The van der Waals surface area contributed by atoms with Crippen LogP contribution in [-0.2, 0) is 29.5 Å². The van der Waals surface area contributed by atoms with Crippen molar-refractivity contribution in [1.29, 1.82) is 0 Å². The van der Waals surface area contributed by atoms with Gasteiger partial charge in [0.2, 0.25) is 5.91 Å². The molecule has 0 radical (unpaired) electrons. The third kappa shape index (κ3) is 4.10. The molecule has 3 atom stereocenters. The van der Waals surface area contributed by atoms with Crippen LogP contribution in [0.15, 0.2) is 60.7 Å². The van der Waals surface area contributed by atoms with Crippen LogP contribution in [0.5, 0.6) is 0 Å². The van der Waals surface area contributed by atoms with Gasteiger partial charge in [-0.2, -0.15) is 0 Å². The van der Waals surface area contributed by atoms with Crippen molar-refractivity contribution < 1.29 is 23.9 Å². The van der Waals surface area contributed by atoms with Crippen LogP contribution in [0.3, 0.4) is 0 Å². The molecular weight excluding hydrogens is 430 g/mol. The summed E-state index contributed by atoms with van der Waals surface area (Å²) in [5, 5.41) is 0. The molecule has 1 aliphatic carbocycles. The van der Waals surface area contributed by atoms with Crippen LogP contribution in [0.1, 0.15) is 57.1 Å². The molecule has 180 valence electrons. The number of ether oxygens (including phenoxy) is 2. The van der Waals surface area contributed by atoms with Gasteiger partial charge in [0.15, 0.2) is 11.5 Å². The molecule has 1 saturated carbocycles. The third-order valence-electron chi connectivity index (χ3n) is 7.49. The van der Waals surface area contributed by atoms with Gasteiger partial charge < -0.3 is 14.4 Å². The summed E-state index contributed by atoms with van der Waals surface area (Å²) in [6.45, 7) is 3.42. The average molecular weight is 464 g/mol. The second kappa shape index (κ2) is 10.00. The molecule has 6 nitrogen and oxygen atoms in total. The van der Waals surface area contributed by atoms with Gasteiger partial charge in [-0.15, -0.1) is 0 Å². The molecule has 6 heteroatoms. The van der Waals surface area contributed by atoms with Crippen LogP contribution in [0, 0.1) is 11.8 Å². The molecule has 1 amide bonds. The highest BCUT2D eigenvalue weighted by Gasteiger charge is 2.65. The fourth-order valence-electron chi connectivity index (χ4n) is 5.88. The fourth-order valence-corrected chi connectivity index (χ4v) is 5.88. The van der Waals surface area contributed by atoms with E-state index >= 15 is 0 Å². The fraction of sp³-hybridized carbons (Fsp3) is 0.464. The van der Waals surface area contributed by atoms with Gasteiger partial charge in [-0.1, -0.05) is 79.9 Å². The topological polar surface area (TPSA) is 72.9 Å². The molecular formula is C28H33NO5. The van der Waals surface area contributed by atoms with Gasteiger partial charge in [-0.25, -0.2) is 0 Å². The molecule has 1 saturated heterocycles. The van der Waals surface area contributed by atoms with Crippen LogP contribution in [0.2, 0.25) is 0 Å².